The van der Waals surface area contributed by atoms with Gasteiger partial charge < -0.3 is 4.90 Å². The highest BCUT2D eigenvalue weighted by Crippen LogP contribution is 2.47. The second-order valence-corrected chi connectivity index (χ2v) is 8.40. The van der Waals surface area contributed by atoms with E-state index in [0.717, 1.165) is 16.3 Å². The Morgan fingerprint density at radius 2 is 1.82 bits per heavy atom. The van der Waals surface area contributed by atoms with Crippen molar-refractivity contribution in [3.8, 4) is 17.9 Å². The number of carbonyl (C=O) groups excluding carboxylic acids is 2. The summed E-state index contributed by atoms with van der Waals surface area (Å²) in [6.07, 6.45) is 2.41. The summed E-state index contributed by atoms with van der Waals surface area (Å²) in [4.78, 5) is 26.4. The van der Waals surface area contributed by atoms with Gasteiger partial charge in [-0.25, -0.2) is 0 Å². The number of rotatable bonds is 0. The molecule has 0 bridgehead atoms. The lowest BCUT2D eigenvalue weighted by molar-refractivity contribution is -0.138. The van der Waals surface area contributed by atoms with Crippen molar-refractivity contribution in [3.05, 3.63) is 59.7 Å². The van der Waals surface area contributed by atoms with Crippen molar-refractivity contribution in [2.45, 2.75) is 20.3 Å². The van der Waals surface area contributed by atoms with E-state index in [1.807, 2.05) is 62.4 Å². The van der Waals surface area contributed by atoms with E-state index in [-0.39, 0.29) is 22.7 Å². The van der Waals surface area contributed by atoms with Crippen LogP contribution in [-0.2, 0) is 9.59 Å². The Morgan fingerprint density at radius 3 is 2.54 bits per heavy atom. The highest BCUT2D eigenvalue weighted by atomic mass is 16.2. The summed E-state index contributed by atoms with van der Waals surface area (Å²) in [5.41, 5.74) is 0.151. The maximum atomic E-state index is 12.5. The van der Waals surface area contributed by atoms with Gasteiger partial charge in [-0.1, -0.05) is 56.2 Å². The van der Waals surface area contributed by atoms with Crippen molar-refractivity contribution >= 4 is 22.5 Å². The number of Topliss-reactive ketones (excluding diaryl/α,β-unsaturated/α-hetero) is 1. The quantitative estimate of drug-likeness (QED) is 0.669. The molecule has 2 aliphatic rings. The van der Waals surface area contributed by atoms with Crippen LogP contribution in [0, 0.1) is 34.0 Å². The molecule has 138 valence electrons. The second kappa shape index (κ2) is 6.36. The fraction of sp³-hybridized carbons (Fsp3) is 0.292. The van der Waals surface area contributed by atoms with Gasteiger partial charge in [0.25, 0.3) is 5.91 Å². The number of likely N-dealkylation sites (tertiary alicyclic amines) is 1. The van der Waals surface area contributed by atoms with Gasteiger partial charge >= 0.3 is 0 Å². The summed E-state index contributed by atoms with van der Waals surface area (Å²) >= 11 is 0. The minimum Gasteiger partial charge on any atom is -0.330 e. The van der Waals surface area contributed by atoms with Crippen LogP contribution < -0.4 is 0 Å². The number of carbonyl (C=O) groups is 2. The van der Waals surface area contributed by atoms with Crippen molar-refractivity contribution in [1.29, 1.82) is 5.26 Å². The van der Waals surface area contributed by atoms with Gasteiger partial charge in [0.15, 0.2) is 5.78 Å². The molecule has 28 heavy (non-hydrogen) atoms. The number of fused-ring (bicyclic) bond motifs is 1. The van der Waals surface area contributed by atoms with Gasteiger partial charge in [0, 0.05) is 35.4 Å². The molecule has 0 saturated carbocycles. The molecule has 0 aromatic heterocycles. The summed E-state index contributed by atoms with van der Waals surface area (Å²) in [7, 11) is 0. The van der Waals surface area contributed by atoms with Crippen molar-refractivity contribution in [1.82, 2.24) is 4.90 Å². The molecule has 1 aliphatic carbocycles. The Hall–Kier alpha value is -3.37. The Morgan fingerprint density at radius 1 is 1.11 bits per heavy atom. The normalized spacial score (nSPS) is 19.2. The number of hydrogen-bond donors (Lipinski definition) is 0. The highest BCUT2D eigenvalue weighted by molar-refractivity contribution is 6.04. The third kappa shape index (κ3) is 3.08. The predicted molar refractivity (Wildman–Crippen MR) is 107 cm³/mol. The monoisotopic (exact) mass is 368 g/mol. The lowest BCUT2D eigenvalue weighted by atomic mass is 9.61. The van der Waals surface area contributed by atoms with Crippen molar-refractivity contribution in [2.24, 2.45) is 10.8 Å². The van der Waals surface area contributed by atoms with Gasteiger partial charge in [-0.2, -0.15) is 5.26 Å². The van der Waals surface area contributed by atoms with Gasteiger partial charge in [-0.15, -0.1) is 0 Å². The molecule has 4 nitrogen and oxygen atoms in total. The van der Waals surface area contributed by atoms with Crippen LogP contribution in [0.25, 0.3) is 10.8 Å². The molecule has 1 spiro atoms. The zero-order valence-electron chi connectivity index (χ0n) is 16.0. The first-order chi connectivity index (χ1) is 13.3. The molecule has 1 fully saturated rings. The van der Waals surface area contributed by atoms with Crippen molar-refractivity contribution in [2.75, 3.05) is 13.1 Å². The van der Waals surface area contributed by atoms with E-state index >= 15 is 0 Å². The van der Waals surface area contributed by atoms with Gasteiger partial charge in [-0.05, 0) is 29.3 Å². The smallest absolute Gasteiger partial charge is 0.298 e. The second-order valence-electron chi connectivity index (χ2n) is 8.40. The van der Waals surface area contributed by atoms with E-state index in [1.54, 1.807) is 11.0 Å². The molecular weight excluding hydrogens is 348 g/mol. The average Bonchev–Trinajstić information content (AvgIpc) is 2.66. The summed E-state index contributed by atoms with van der Waals surface area (Å²) < 4.78 is 0. The van der Waals surface area contributed by atoms with Crippen LogP contribution in [0.1, 0.15) is 25.8 Å². The third-order valence-corrected chi connectivity index (χ3v) is 5.59. The largest absolute Gasteiger partial charge is 0.330 e. The Kier molecular flexibility index (Phi) is 4.09. The lowest BCUT2D eigenvalue weighted by Crippen LogP contribution is -2.60. The Labute approximate surface area is 164 Å². The molecule has 0 radical (unpaired) electrons. The van der Waals surface area contributed by atoms with E-state index in [4.69, 9.17) is 0 Å². The maximum absolute atomic E-state index is 12.5. The van der Waals surface area contributed by atoms with Crippen LogP contribution >= 0.6 is 0 Å². The minimum atomic E-state index is -0.578. The molecule has 0 atom stereocenters. The standard InChI is InChI=1S/C24H20N2O2/c1-23(2)14-24(12-20(13-25)22(23)28)15-26(16-24)21(27)10-8-17-7-9-18-5-3-4-6-19(18)11-17/h3-7,9,11-12H,14-16H2,1-2H3. The van der Waals surface area contributed by atoms with Gasteiger partial charge in [0.1, 0.15) is 6.07 Å². The first kappa shape index (κ1) is 18.0. The molecule has 0 N–H and O–H groups in total. The molecule has 1 heterocycles. The number of ketones is 1. The van der Waals surface area contributed by atoms with E-state index in [0.29, 0.717) is 19.5 Å². The molecule has 2 aromatic rings. The lowest BCUT2D eigenvalue weighted by Gasteiger charge is -2.52. The Bertz CT molecular complexity index is 1130. The topological polar surface area (TPSA) is 61.2 Å². The minimum absolute atomic E-state index is 0.110. The SMILES string of the molecule is CC1(C)CC2(C=C(C#N)C1=O)CN(C(=O)C#Cc1ccc3ccccc3c1)C2. The first-order valence-corrected chi connectivity index (χ1v) is 9.29. The van der Waals surface area contributed by atoms with Crippen LogP contribution in [-0.4, -0.2) is 29.7 Å². The fourth-order valence-electron chi connectivity index (χ4n) is 4.36. The van der Waals surface area contributed by atoms with Crippen LogP contribution in [0.4, 0.5) is 0 Å². The van der Waals surface area contributed by atoms with Crippen molar-refractivity contribution < 1.29 is 9.59 Å². The number of hydrogen-bond acceptors (Lipinski definition) is 3. The molecule has 4 heteroatoms. The fourth-order valence-corrected chi connectivity index (χ4v) is 4.36. The van der Waals surface area contributed by atoms with E-state index < -0.39 is 5.41 Å². The third-order valence-electron chi connectivity index (χ3n) is 5.59. The molecule has 0 unspecified atom stereocenters. The molecule has 1 amide bonds. The molecule has 2 aromatic carbocycles. The summed E-state index contributed by atoms with van der Waals surface area (Å²) in [6.45, 7) is 4.73. The van der Waals surface area contributed by atoms with Gasteiger partial charge in [0.05, 0.1) is 5.57 Å². The van der Waals surface area contributed by atoms with Gasteiger partial charge in [0.2, 0.25) is 0 Å². The number of allylic oxidation sites excluding steroid dienone is 1. The van der Waals surface area contributed by atoms with Crippen molar-refractivity contribution in [3.63, 3.8) is 0 Å². The first-order valence-electron chi connectivity index (χ1n) is 9.29. The Balaban J connectivity index is 1.49. The molecule has 1 aliphatic heterocycles. The number of benzene rings is 2. The number of nitrogens with zero attached hydrogens (tertiary/aromatic N) is 2. The molecule has 4 rings (SSSR count). The predicted octanol–water partition coefficient (Wildman–Crippen LogP) is 3.47. The highest BCUT2D eigenvalue weighted by Gasteiger charge is 2.52. The van der Waals surface area contributed by atoms with E-state index in [9.17, 15) is 14.9 Å². The molecule has 1 saturated heterocycles. The van der Waals surface area contributed by atoms with E-state index in [1.165, 1.54) is 0 Å². The average molecular weight is 368 g/mol. The zero-order valence-corrected chi connectivity index (χ0v) is 16.0. The van der Waals surface area contributed by atoms with Crippen LogP contribution in [0.2, 0.25) is 0 Å². The van der Waals surface area contributed by atoms with Gasteiger partial charge in [-0.3, -0.25) is 9.59 Å². The summed E-state index contributed by atoms with van der Waals surface area (Å²) in [6, 6.07) is 15.9. The molecular formula is C24H20N2O2. The van der Waals surface area contributed by atoms with Crippen LogP contribution in [0.3, 0.4) is 0 Å². The van der Waals surface area contributed by atoms with Crippen LogP contribution in [0.5, 0.6) is 0 Å². The van der Waals surface area contributed by atoms with Crippen LogP contribution in [0.15, 0.2) is 54.1 Å². The maximum Gasteiger partial charge on any atom is 0.298 e. The number of nitriles is 1. The summed E-state index contributed by atoms with van der Waals surface area (Å²) in [5.74, 6) is 5.35. The number of amides is 1. The van der Waals surface area contributed by atoms with E-state index in [2.05, 4.69) is 11.8 Å². The summed E-state index contributed by atoms with van der Waals surface area (Å²) in [5, 5.41) is 11.5. The zero-order chi connectivity index (χ0) is 19.9.